The summed E-state index contributed by atoms with van der Waals surface area (Å²) in [5, 5.41) is 4.35. The van der Waals surface area contributed by atoms with Crippen molar-refractivity contribution in [2.45, 2.75) is 87.2 Å². The number of rotatable bonds is 7. The molecule has 0 bridgehead atoms. The number of thioether (sulfide) groups is 1. The third-order valence-electron chi connectivity index (χ3n) is 6.64. The van der Waals surface area contributed by atoms with Crippen molar-refractivity contribution >= 4 is 35.1 Å². The Morgan fingerprint density at radius 3 is 2.53 bits per heavy atom. The van der Waals surface area contributed by atoms with Gasteiger partial charge in [0.1, 0.15) is 11.0 Å². The SMILES string of the molecule is CN(c1cc(Cl)nc(SCc2cccc(C(=O)NC3CCCCC3)c2)n1)C1CCCCC1. The molecule has 32 heavy (non-hydrogen) atoms. The number of carbonyl (C=O) groups is 1. The van der Waals surface area contributed by atoms with Gasteiger partial charge in [-0.05, 0) is 43.4 Å². The molecule has 0 aliphatic heterocycles. The van der Waals surface area contributed by atoms with Crippen LogP contribution in [0.1, 0.15) is 80.1 Å². The smallest absolute Gasteiger partial charge is 0.251 e. The lowest BCUT2D eigenvalue weighted by Crippen LogP contribution is -2.36. The molecule has 2 saturated carbocycles. The quantitative estimate of drug-likeness (QED) is 0.293. The van der Waals surface area contributed by atoms with E-state index < -0.39 is 0 Å². The van der Waals surface area contributed by atoms with Crippen LogP contribution in [-0.4, -0.2) is 35.0 Å². The monoisotopic (exact) mass is 472 g/mol. The summed E-state index contributed by atoms with van der Waals surface area (Å²) < 4.78 is 0. The molecule has 7 heteroatoms. The summed E-state index contributed by atoms with van der Waals surface area (Å²) in [5.74, 6) is 1.61. The van der Waals surface area contributed by atoms with Crippen LogP contribution >= 0.6 is 23.4 Å². The highest BCUT2D eigenvalue weighted by Crippen LogP contribution is 2.29. The zero-order valence-corrected chi connectivity index (χ0v) is 20.4. The van der Waals surface area contributed by atoms with Gasteiger partial charge in [-0.15, -0.1) is 0 Å². The van der Waals surface area contributed by atoms with Gasteiger partial charge in [0.2, 0.25) is 0 Å². The van der Waals surface area contributed by atoms with Gasteiger partial charge in [-0.1, -0.05) is 74.0 Å². The number of hydrogen-bond acceptors (Lipinski definition) is 5. The molecule has 0 atom stereocenters. The molecule has 4 rings (SSSR count). The lowest BCUT2D eigenvalue weighted by Gasteiger charge is -2.32. The molecule has 2 aromatic rings. The Morgan fingerprint density at radius 2 is 1.78 bits per heavy atom. The molecule has 1 heterocycles. The summed E-state index contributed by atoms with van der Waals surface area (Å²) in [5.41, 5.74) is 1.80. The maximum absolute atomic E-state index is 12.7. The summed E-state index contributed by atoms with van der Waals surface area (Å²) in [6.45, 7) is 0. The van der Waals surface area contributed by atoms with Crippen LogP contribution in [0.15, 0.2) is 35.5 Å². The number of nitrogens with one attached hydrogen (secondary N) is 1. The van der Waals surface area contributed by atoms with Gasteiger partial charge in [0.15, 0.2) is 5.16 Å². The predicted molar refractivity (Wildman–Crippen MR) is 133 cm³/mol. The average Bonchev–Trinajstić information content (AvgIpc) is 2.83. The maximum Gasteiger partial charge on any atom is 0.251 e. The van der Waals surface area contributed by atoms with Crippen LogP contribution in [0.5, 0.6) is 0 Å². The molecular weight excluding hydrogens is 440 g/mol. The fourth-order valence-electron chi connectivity index (χ4n) is 4.75. The molecule has 2 aliphatic carbocycles. The van der Waals surface area contributed by atoms with Crippen molar-refractivity contribution in [3.63, 3.8) is 0 Å². The maximum atomic E-state index is 12.7. The molecule has 0 saturated heterocycles. The van der Waals surface area contributed by atoms with Crippen LogP contribution < -0.4 is 10.2 Å². The topological polar surface area (TPSA) is 58.1 Å². The van der Waals surface area contributed by atoms with Crippen LogP contribution in [0.2, 0.25) is 5.15 Å². The van der Waals surface area contributed by atoms with Gasteiger partial charge in [0.25, 0.3) is 5.91 Å². The van der Waals surface area contributed by atoms with E-state index in [4.69, 9.17) is 16.6 Å². The first-order valence-corrected chi connectivity index (χ1v) is 13.2. The van der Waals surface area contributed by atoms with E-state index in [0.29, 0.717) is 28.1 Å². The third kappa shape index (κ3) is 6.38. The largest absolute Gasteiger partial charge is 0.357 e. The summed E-state index contributed by atoms with van der Waals surface area (Å²) in [4.78, 5) is 24.1. The van der Waals surface area contributed by atoms with E-state index in [1.807, 2.05) is 30.3 Å². The van der Waals surface area contributed by atoms with Gasteiger partial charge in [0, 0.05) is 36.5 Å². The Morgan fingerprint density at radius 1 is 1.06 bits per heavy atom. The Balaban J connectivity index is 1.38. The molecule has 0 radical (unpaired) electrons. The van der Waals surface area contributed by atoms with Crippen LogP contribution in [0.4, 0.5) is 5.82 Å². The number of aromatic nitrogens is 2. The number of hydrogen-bond donors (Lipinski definition) is 1. The van der Waals surface area contributed by atoms with Crippen molar-refractivity contribution in [3.05, 3.63) is 46.6 Å². The number of anilines is 1. The molecule has 0 unspecified atom stereocenters. The van der Waals surface area contributed by atoms with Gasteiger partial charge in [-0.2, -0.15) is 0 Å². The highest BCUT2D eigenvalue weighted by molar-refractivity contribution is 7.98. The van der Waals surface area contributed by atoms with Crippen molar-refractivity contribution in [2.75, 3.05) is 11.9 Å². The molecule has 1 aromatic heterocycles. The zero-order valence-electron chi connectivity index (χ0n) is 18.9. The summed E-state index contributed by atoms with van der Waals surface area (Å²) in [6, 6.07) is 10.6. The van der Waals surface area contributed by atoms with Crippen LogP contribution in [-0.2, 0) is 5.75 Å². The minimum Gasteiger partial charge on any atom is -0.357 e. The number of halogens is 1. The second-order valence-electron chi connectivity index (χ2n) is 9.03. The van der Waals surface area contributed by atoms with E-state index in [1.54, 1.807) is 11.8 Å². The van der Waals surface area contributed by atoms with Gasteiger partial charge < -0.3 is 10.2 Å². The van der Waals surface area contributed by atoms with E-state index in [1.165, 1.54) is 51.4 Å². The molecule has 0 spiro atoms. The standard InChI is InChI=1S/C25H33ClN4OS/c1-30(21-13-6-3-7-14-21)23-16-22(26)28-25(29-23)32-17-18-9-8-10-19(15-18)24(31)27-20-11-4-2-5-12-20/h8-10,15-16,20-21H,2-7,11-14,17H2,1H3,(H,27,31). The van der Waals surface area contributed by atoms with Crippen molar-refractivity contribution in [3.8, 4) is 0 Å². The van der Waals surface area contributed by atoms with Gasteiger partial charge in [0.05, 0.1) is 0 Å². The van der Waals surface area contributed by atoms with Crippen molar-refractivity contribution in [2.24, 2.45) is 0 Å². The highest BCUT2D eigenvalue weighted by Gasteiger charge is 2.20. The van der Waals surface area contributed by atoms with Crippen LogP contribution in [0.3, 0.4) is 0 Å². The lowest BCUT2D eigenvalue weighted by molar-refractivity contribution is 0.0927. The Hall–Kier alpha value is -1.79. The molecule has 5 nitrogen and oxygen atoms in total. The van der Waals surface area contributed by atoms with Crippen LogP contribution in [0, 0.1) is 0 Å². The molecule has 2 fully saturated rings. The molecule has 1 N–H and O–H groups in total. The Kier molecular flexibility index (Phi) is 8.31. The third-order valence-corrected chi connectivity index (χ3v) is 7.75. The molecule has 1 aromatic carbocycles. The predicted octanol–water partition coefficient (Wildman–Crippen LogP) is 6.25. The Bertz CT molecular complexity index is 913. The fraction of sp³-hybridized carbons (Fsp3) is 0.560. The number of amides is 1. The van der Waals surface area contributed by atoms with Crippen molar-refractivity contribution < 1.29 is 4.79 Å². The minimum atomic E-state index is 0.0270. The highest BCUT2D eigenvalue weighted by atomic mass is 35.5. The number of carbonyl (C=O) groups excluding carboxylic acids is 1. The van der Waals surface area contributed by atoms with Gasteiger partial charge >= 0.3 is 0 Å². The first-order chi connectivity index (χ1) is 15.6. The van der Waals surface area contributed by atoms with E-state index in [2.05, 4.69) is 22.2 Å². The molecule has 172 valence electrons. The Labute approximate surface area is 200 Å². The minimum absolute atomic E-state index is 0.0270. The van der Waals surface area contributed by atoms with Crippen LogP contribution in [0.25, 0.3) is 0 Å². The zero-order chi connectivity index (χ0) is 22.3. The summed E-state index contributed by atoms with van der Waals surface area (Å²) in [7, 11) is 2.11. The number of nitrogens with zero attached hydrogens (tertiary/aromatic N) is 3. The van der Waals surface area contributed by atoms with Crippen molar-refractivity contribution in [1.29, 1.82) is 0 Å². The lowest BCUT2D eigenvalue weighted by atomic mass is 9.94. The molecule has 2 aliphatic rings. The van der Waals surface area contributed by atoms with E-state index in [0.717, 1.165) is 29.8 Å². The first-order valence-electron chi connectivity index (χ1n) is 11.9. The van der Waals surface area contributed by atoms with E-state index >= 15 is 0 Å². The van der Waals surface area contributed by atoms with Gasteiger partial charge in [-0.25, -0.2) is 9.97 Å². The number of benzene rings is 1. The first kappa shape index (κ1) is 23.4. The average molecular weight is 473 g/mol. The summed E-state index contributed by atoms with van der Waals surface area (Å²) >= 11 is 7.89. The second kappa shape index (κ2) is 11.4. The summed E-state index contributed by atoms with van der Waals surface area (Å²) in [6.07, 6.45) is 12.2. The van der Waals surface area contributed by atoms with E-state index in [-0.39, 0.29) is 5.91 Å². The van der Waals surface area contributed by atoms with E-state index in [9.17, 15) is 4.79 Å². The second-order valence-corrected chi connectivity index (χ2v) is 10.4. The fourth-order valence-corrected chi connectivity index (χ4v) is 5.78. The molecule has 1 amide bonds. The van der Waals surface area contributed by atoms with Gasteiger partial charge in [-0.3, -0.25) is 4.79 Å². The molecular formula is C25H33ClN4OS. The van der Waals surface area contributed by atoms with Crippen molar-refractivity contribution in [1.82, 2.24) is 15.3 Å². The normalized spacial score (nSPS) is 17.8.